The van der Waals surface area contributed by atoms with E-state index in [9.17, 15) is 21.9 Å². The van der Waals surface area contributed by atoms with Crippen LogP contribution >= 0.6 is 0 Å². The average Bonchev–Trinajstić information content (AvgIpc) is 2.79. The van der Waals surface area contributed by atoms with Gasteiger partial charge in [0.1, 0.15) is 22.1 Å². The van der Waals surface area contributed by atoms with Crippen LogP contribution in [-0.2, 0) is 19.9 Å². The van der Waals surface area contributed by atoms with Gasteiger partial charge < -0.3 is 14.6 Å². The van der Waals surface area contributed by atoms with E-state index in [-0.39, 0.29) is 27.0 Å². The van der Waals surface area contributed by atoms with E-state index in [0.29, 0.717) is 11.5 Å². The zero-order valence-corrected chi connectivity index (χ0v) is 20.2. The lowest BCUT2D eigenvalue weighted by Crippen LogP contribution is -2.15. The quantitative estimate of drug-likeness (QED) is 0.485. The first-order chi connectivity index (χ1) is 15.5. The van der Waals surface area contributed by atoms with Crippen LogP contribution in [0.25, 0.3) is 0 Å². The third kappa shape index (κ3) is 5.07. The van der Waals surface area contributed by atoms with Crippen LogP contribution in [0.3, 0.4) is 0 Å². The van der Waals surface area contributed by atoms with Crippen LogP contribution in [0.2, 0.25) is 0 Å². The molecule has 0 aromatic heterocycles. The molecule has 0 radical (unpaired) electrons. The standard InChI is InChI=1S/C23H25NO7S2/c1-15(2)21-13-20(33(28,29)24-16-5-7-17(30-3)8-6-16)14-22(23(21)25)32(26,27)19-11-9-18(31-4)10-12-19/h5-15,24-25H,1-4H3. The maximum Gasteiger partial charge on any atom is 0.261 e. The van der Waals surface area contributed by atoms with E-state index < -0.39 is 30.5 Å². The Hall–Kier alpha value is -3.24. The van der Waals surface area contributed by atoms with Crippen LogP contribution in [0.5, 0.6) is 17.2 Å². The highest BCUT2D eigenvalue weighted by molar-refractivity contribution is 7.93. The first kappa shape index (κ1) is 24.4. The first-order valence-electron chi connectivity index (χ1n) is 9.92. The Kier molecular flexibility index (Phi) is 6.89. The van der Waals surface area contributed by atoms with Gasteiger partial charge in [-0.05, 0) is 72.1 Å². The van der Waals surface area contributed by atoms with E-state index in [2.05, 4.69) is 4.72 Å². The van der Waals surface area contributed by atoms with Crippen LogP contribution in [0.4, 0.5) is 5.69 Å². The van der Waals surface area contributed by atoms with Gasteiger partial charge in [-0.2, -0.15) is 0 Å². The Morgan fingerprint density at radius 3 is 1.79 bits per heavy atom. The highest BCUT2D eigenvalue weighted by atomic mass is 32.2. The molecule has 0 bridgehead atoms. The number of hydrogen-bond acceptors (Lipinski definition) is 7. The molecule has 10 heteroatoms. The van der Waals surface area contributed by atoms with Gasteiger partial charge in [0.25, 0.3) is 10.0 Å². The molecule has 2 N–H and O–H groups in total. The van der Waals surface area contributed by atoms with Crippen molar-refractivity contribution in [1.29, 1.82) is 0 Å². The fourth-order valence-electron chi connectivity index (χ4n) is 3.16. The largest absolute Gasteiger partial charge is 0.506 e. The topological polar surface area (TPSA) is 119 Å². The van der Waals surface area contributed by atoms with Crippen molar-refractivity contribution in [3.8, 4) is 17.2 Å². The molecule has 0 heterocycles. The molecule has 176 valence electrons. The summed E-state index contributed by atoms with van der Waals surface area (Å²) in [7, 11) is -5.45. The van der Waals surface area contributed by atoms with E-state index in [0.717, 1.165) is 6.07 Å². The van der Waals surface area contributed by atoms with Crippen LogP contribution in [0.1, 0.15) is 25.3 Å². The van der Waals surface area contributed by atoms with E-state index in [1.807, 2.05) is 0 Å². The summed E-state index contributed by atoms with van der Waals surface area (Å²) in [4.78, 5) is -0.883. The molecule has 0 fully saturated rings. The minimum atomic E-state index is -4.23. The number of anilines is 1. The van der Waals surface area contributed by atoms with Crippen molar-refractivity contribution in [1.82, 2.24) is 0 Å². The smallest absolute Gasteiger partial charge is 0.261 e. The monoisotopic (exact) mass is 491 g/mol. The lowest BCUT2D eigenvalue weighted by molar-refractivity contribution is 0.414. The van der Waals surface area contributed by atoms with Gasteiger partial charge in [-0.15, -0.1) is 0 Å². The van der Waals surface area contributed by atoms with Gasteiger partial charge in [0.2, 0.25) is 9.84 Å². The number of sulfone groups is 1. The second-order valence-electron chi connectivity index (χ2n) is 7.53. The van der Waals surface area contributed by atoms with Crippen molar-refractivity contribution < 1.29 is 31.4 Å². The number of phenols is 1. The van der Waals surface area contributed by atoms with Gasteiger partial charge in [-0.3, -0.25) is 4.72 Å². The minimum Gasteiger partial charge on any atom is -0.506 e. The predicted molar refractivity (Wildman–Crippen MR) is 124 cm³/mol. The summed E-state index contributed by atoms with van der Waals surface area (Å²) in [5.74, 6) is 0.189. The van der Waals surface area contributed by atoms with E-state index >= 15 is 0 Å². The Morgan fingerprint density at radius 2 is 1.30 bits per heavy atom. The van der Waals surface area contributed by atoms with Crippen molar-refractivity contribution in [2.45, 2.75) is 34.5 Å². The number of benzene rings is 3. The molecule has 0 amide bonds. The summed E-state index contributed by atoms with van der Waals surface area (Å²) >= 11 is 0. The third-order valence-electron chi connectivity index (χ3n) is 5.01. The minimum absolute atomic E-state index is 0.106. The second kappa shape index (κ2) is 9.32. The Bertz CT molecular complexity index is 1350. The van der Waals surface area contributed by atoms with Gasteiger partial charge in [-0.1, -0.05) is 13.8 Å². The molecule has 3 aromatic carbocycles. The summed E-state index contributed by atoms with van der Waals surface area (Å²) in [6, 6.07) is 14.1. The zero-order chi connectivity index (χ0) is 24.4. The maximum atomic E-state index is 13.3. The number of hydrogen-bond donors (Lipinski definition) is 2. The number of rotatable bonds is 8. The maximum absolute atomic E-state index is 13.3. The van der Waals surface area contributed by atoms with Gasteiger partial charge in [-0.25, -0.2) is 16.8 Å². The van der Waals surface area contributed by atoms with Gasteiger partial charge in [0.15, 0.2) is 0 Å². The lowest BCUT2D eigenvalue weighted by Gasteiger charge is -2.17. The highest BCUT2D eigenvalue weighted by Gasteiger charge is 2.28. The van der Waals surface area contributed by atoms with Crippen LogP contribution in [-0.4, -0.2) is 36.2 Å². The highest BCUT2D eigenvalue weighted by Crippen LogP contribution is 2.38. The molecular weight excluding hydrogens is 466 g/mol. The van der Waals surface area contributed by atoms with Crippen LogP contribution < -0.4 is 14.2 Å². The van der Waals surface area contributed by atoms with E-state index in [1.165, 1.54) is 56.7 Å². The fourth-order valence-corrected chi connectivity index (χ4v) is 5.75. The number of methoxy groups -OCH3 is 2. The van der Waals surface area contributed by atoms with E-state index in [1.54, 1.807) is 26.0 Å². The first-order valence-corrected chi connectivity index (χ1v) is 12.9. The summed E-state index contributed by atoms with van der Waals surface area (Å²) in [6.45, 7) is 3.46. The second-order valence-corrected chi connectivity index (χ2v) is 11.1. The molecular formula is C23H25NO7S2. The number of phenolic OH excluding ortho intramolecular Hbond substituents is 1. The summed E-state index contributed by atoms with van der Waals surface area (Å²) in [5.41, 5.74) is 0.467. The molecule has 0 saturated carbocycles. The number of nitrogens with one attached hydrogen (secondary N) is 1. The van der Waals surface area contributed by atoms with Crippen molar-refractivity contribution in [2.24, 2.45) is 0 Å². The molecule has 0 unspecified atom stereocenters. The van der Waals surface area contributed by atoms with Crippen LogP contribution in [0.15, 0.2) is 75.4 Å². The molecule has 0 spiro atoms. The Morgan fingerprint density at radius 1 is 0.788 bits per heavy atom. The van der Waals surface area contributed by atoms with Gasteiger partial charge in [0.05, 0.1) is 24.0 Å². The predicted octanol–water partition coefficient (Wildman–Crippen LogP) is 4.17. The van der Waals surface area contributed by atoms with Crippen molar-refractivity contribution in [3.63, 3.8) is 0 Å². The fraction of sp³-hybridized carbons (Fsp3) is 0.217. The number of sulfonamides is 1. The molecule has 0 aliphatic rings. The molecule has 33 heavy (non-hydrogen) atoms. The van der Waals surface area contributed by atoms with Gasteiger partial charge >= 0.3 is 0 Å². The average molecular weight is 492 g/mol. The molecule has 8 nitrogen and oxygen atoms in total. The normalized spacial score (nSPS) is 11.9. The Balaban J connectivity index is 2.13. The molecule has 0 aliphatic carbocycles. The SMILES string of the molecule is COc1ccc(NS(=O)(=O)c2cc(C(C)C)c(O)c(S(=O)(=O)c3ccc(OC)cc3)c2)cc1. The number of aromatic hydroxyl groups is 1. The Labute approximate surface area is 193 Å². The van der Waals surface area contributed by atoms with Crippen molar-refractivity contribution in [2.75, 3.05) is 18.9 Å². The van der Waals surface area contributed by atoms with Crippen LogP contribution in [0, 0.1) is 0 Å². The number of ether oxygens (including phenoxy) is 2. The lowest BCUT2D eigenvalue weighted by atomic mass is 10.0. The molecule has 3 rings (SSSR count). The molecule has 3 aromatic rings. The molecule has 0 aliphatic heterocycles. The molecule has 0 atom stereocenters. The van der Waals surface area contributed by atoms with E-state index in [4.69, 9.17) is 9.47 Å². The third-order valence-corrected chi connectivity index (χ3v) is 8.16. The summed E-state index contributed by atoms with van der Waals surface area (Å²) in [5, 5.41) is 10.8. The zero-order valence-electron chi connectivity index (χ0n) is 18.6. The van der Waals surface area contributed by atoms with Gasteiger partial charge in [0, 0.05) is 5.69 Å². The summed E-state index contributed by atoms with van der Waals surface area (Å²) < 4.78 is 65.4. The summed E-state index contributed by atoms with van der Waals surface area (Å²) in [6.07, 6.45) is 0. The molecule has 0 saturated heterocycles. The van der Waals surface area contributed by atoms with Crippen molar-refractivity contribution in [3.05, 3.63) is 66.2 Å². The van der Waals surface area contributed by atoms with Crippen molar-refractivity contribution >= 4 is 25.5 Å².